The second kappa shape index (κ2) is 13.9. The molecule has 0 saturated heterocycles. The van der Waals surface area contributed by atoms with E-state index >= 15 is 0 Å². The largest absolute Gasteiger partial charge is 0.228 e. The Labute approximate surface area is 345 Å². The van der Waals surface area contributed by atoms with E-state index in [1.807, 2.05) is 0 Å². The van der Waals surface area contributed by atoms with Gasteiger partial charge in [0.15, 0.2) is 5.82 Å². The van der Waals surface area contributed by atoms with Gasteiger partial charge in [0.25, 0.3) is 0 Å². The maximum Gasteiger partial charge on any atom is 0.161 e. The van der Waals surface area contributed by atoms with Gasteiger partial charge in [0, 0.05) is 22.1 Å². The molecule has 0 unspecified atom stereocenters. The van der Waals surface area contributed by atoms with Crippen LogP contribution in [0.25, 0.3) is 100.0 Å². The summed E-state index contributed by atoms with van der Waals surface area (Å²) >= 11 is 0. The highest BCUT2D eigenvalue weighted by Crippen LogP contribution is 2.51. The molecule has 0 aliphatic heterocycles. The van der Waals surface area contributed by atoms with E-state index in [-0.39, 0.29) is 5.41 Å². The maximum absolute atomic E-state index is 5.40. The third-order valence-electron chi connectivity index (χ3n) is 12.3. The molecular formula is C57H40N2. The lowest BCUT2D eigenvalue weighted by Gasteiger charge is -2.22. The third-order valence-corrected chi connectivity index (χ3v) is 12.3. The van der Waals surface area contributed by atoms with Crippen LogP contribution in [0.3, 0.4) is 0 Å². The highest BCUT2D eigenvalue weighted by Gasteiger charge is 2.36. The molecule has 0 spiro atoms. The summed E-state index contributed by atoms with van der Waals surface area (Å²) in [7, 11) is 0. The zero-order valence-corrected chi connectivity index (χ0v) is 33.0. The molecule has 1 aliphatic rings. The number of fused-ring (bicyclic) bond motifs is 5. The average molecular weight is 753 g/mol. The van der Waals surface area contributed by atoms with E-state index in [4.69, 9.17) is 9.97 Å². The van der Waals surface area contributed by atoms with Crippen molar-refractivity contribution in [3.8, 4) is 78.4 Å². The molecule has 1 aliphatic carbocycles. The van der Waals surface area contributed by atoms with E-state index in [9.17, 15) is 0 Å². The van der Waals surface area contributed by atoms with Crippen molar-refractivity contribution < 1.29 is 0 Å². The lowest BCUT2D eigenvalue weighted by molar-refractivity contribution is 0.661. The second-order valence-electron chi connectivity index (χ2n) is 16.2. The van der Waals surface area contributed by atoms with Crippen LogP contribution in [-0.4, -0.2) is 9.97 Å². The van der Waals surface area contributed by atoms with Crippen LogP contribution in [0.2, 0.25) is 0 Å². The maximum atomic E-state index is 5.40. The Hall–Kier alpha value is -7.42. The van der Waals surface area contributed by atoms with E-state index in [1.165, 1.54) is 60.7 Å². The monoisotopic (exact) mass is 752 g/mol. The summed E-state index contributed by atoms with van der Waals surface area (Å²) in [5.74, 6) is 0.702. The van der Waals surface area contributed by atoms with E-state index < -0.39 is 0 Å². The number of nitrogens with zero attached hydrogens (tertiary/aromatic N) is 2. The first-order valence-corrected chi connectivity index (χ1v) is 20.4. The quantitative estimate of drug-likeness (QED) is 0.169. The predicted octanol–water partition coefficient (Wildman–Crippen LogP) is 15.1. The van der Waals surface area contributed by atoms with E-state index in [2.05, 4.69) is 220 Å². The van der Waals surface area contributed by atoms with Crippen molar-refractivity contribution >= 4 is 21.5 Å². The topological polar surface area (TPSA) is 25.8 Å². The summed E-state index contributed by atoms with van der Waals surface area (Å²) < 4.78 is 0. The van der Waals surface area contributed by atoms with Crippen LogP contribution in [-0.2, 0) is 5.41 Å². The standard InChI is InChI=1S/C57H40N2/c1-57(2)52-35-43(29-30-48(52)51-33-41-19-9-10-20-42(41)34-53(51)57)45-31-32-50(47-23-13-12-22-46(45)47)56-58-54(40-27-25-38(26-28-40)37-15-5-3-6-16-37)36-55(59-56)49-24-14-11-21-44(49)39-17-7-4-8-18-39/h3-36H,1-2H3. The molecule has 1 heterocycles. The SMILES string of the molecule is CC1(C)c2cc(-c3ccc(-c4nc(-c5ccc(-c6ccccc6)cc5)cc(-c5ccccc5-c5ccccc5)n4)c4ccccc34)ccc2-c2cc3ccccc3cc21. The summed E-state index contributed by atoms with van der Waals surface area (Å²) in [5, 5.41) is 4.87. The van der Waals surface area contributed by atoms with Crippen LogP contribution in [0.15, 0.2) is 206 Å². The molecule has 59 heavy (non-hydrogen) atoms. The van der Waals surface area contributed by atoms with Crippen LogP contribution in [0, 0.1) is 0 Å². The average Bonchev–Trinajstić information content (AvgIpc) is 3.52. The highest BCUT2D eigenvalue weighted by atomic mass is 14.9. The van der Waals surface area contributed by atoms with Crippen LogP contribution in [0.1, 0.15) is 25.0 Å². The van der Waals surface area contributed by atoms with Gasteiger partial charge in [-0.3, -0.25) is 0 Å². The van der Waals surface area contributed by atoms with Gasteiger partial charge in [-0.25, -0.2) is 9.97 Å². The fourth-order valence-electron chi connectivity index (χ4n) is 9.23. The van der Waals surface area contributed by atoms with Gasteiger partial charge < -0.3 is 0 Å². The third kappa shape index (κ3) is 5.96. The van der Waals surface area contributed by atoms with Crippen LogP contribution in [0.5, 0.6) is 0 Å². The van der Waals surface area contributed by atoms with Crippen molar-refractivity contribution in [2.75, 3.05) is 0 Å². The highest BCUT2D eigenvalue weighted by molar-refractivity contribution is 6.05. The molecule has 0 fully saturated rings. The molecular weight excluding hydrogens is 713 g/mol. The Balaban J connectivity index is 1.06. The molecule has 1 aromatic heterocycles. The second-order valence-corrected chi connectivity index (χ2v) is 16.2. The van der Waals surface area contributed by atoms with Crippen LogP contribution in [0.4, 0.5) is 0 Å². The van der Waals surface area contributed by atoms with Gasteiger partial charge in [-0.15, -0.1) is 0 Å². The molecule has 11 rings (SSSR count). The van der Waals surface area contributed by atoms with Gasteiger partial charge in [-0.1, -0.05) is 190 Å². The first-order chi connectivity index (χ1) is 29.0. The summed E-state index contributed by atoms with van der Waals surface area (Å²) in [6.07, 6.45) is 0. The molecule has 9 aromatic carbocycles. The van der Waals surface area contributed by atoms with Crippen molar-refractivity contribution in [3.05, 3.63) is 217 Å². The fourth-order valence-corrected chi connectivity index (χ4v) is 9.23. The lowest BCUT2D eigenvalue weighted by Crippen LogP contribution is -2.15. The fraction of sp³-hybridized carbons (Fsp3) is 0.0526. The Morgan fingerprint density at radius 2 is 0.814 bits per heavy atom. The molecule has 10 aromatic rings. The number of rotatable bonds is 6. The van der Waals surface area contributed by atoms with E-state index in [0.717, 1.165) is 44.6 Å². The summed E-state index contributed by atoms with van der Waals surface area (Å²) in [6.45, 7) is 4.73. The number of aromatic nitrogens is 2. The van der Waals surface area contributed by atoms with E-state index in [0.29, 0.717) is 5.82 Å². The normalized spacial score (nSPS) is 12.7. The lowest BCUT2D eigenvalue weighted by atomic mass is 9.81. The van der Waals surface area contributed by atoms with Crippen molar-refractivity contribution in [2.24, 2.45) is 0 Å². The van der Waals surface area contributed by atoms with Crippen molar-refractivity contribution in [1.82, 2.24) is 9.97 Å². The molecule has 0 amide bonds. The molecule has 0 atom stereocenters. The zero-order valence-electron chi connectivity index (χ0n) is 33.0. The molecule has 0 N–H and O–H groups in total. The van der Waals surface area contributed by atoms with Gasteiger partial charge in [0.05, 0.1) is 11.4 Å². The first-order valence-electron chi connectivity index (χ1n) is 20.4. The van der Waals surface area contributed by atoms with Gasteiger partial charge in [-0.2, -0.15) is 0 Å². The predicted molar refractivity (Wildman–Crippen MR) is 247 cm³/mol. The molecule has 0 saturated carbocycles. The minimum atomic E-state index is -0.125. The summed E-state index contributed by atoms with van der Waals surface area (Å²) in [4.78, 5) is 10.8. The van der Waals surface area contributed by atoms with Gasteiger partial charge in [0.2, 0.25) is 0 Å². The number of hydrogen-bond acceptors (Lipinski definition) is 2. The van der Waals surface area contributed by atoms with Crippen molar-refractivity contribution in [3.63, 3.8) is 0 Å². The Morgan fingerprint density at radius 1 is 0.305 bits per heavy atom. The van der Waals surface area contributed by atoms with Crippen molar-refractivity contribution in [2.45, 2.75) is 19.3 Å². The Bertz CT molecular complexity index is 3220. The number of hydrogen-bond donors (Lipinski definition) is 0. The van der Waals surface area contributed by atoms with E-state index in [1.54, 1.807) is 0 Å². The Morgan fingerprint density at radius 3 is 1.56 bits per heavy atom. The number of benzene rings is 9. The molecule has 2 nitrogen and oxygen atoms in total. The Kier molecular flexibility index (Phi) is 8.20. The minimum Gasteiger partial charge on any atom is -0.228 e. The molecule has 2 heteroatoms. The first kappa shape index (κ1) is 34.8. The van der Waals surface area contributed by atoms with Crippen LogP contribution < -0.4 is 0 Å². The molecule has 0 radical (unpaired) electrons. The summed E-state index contributed by atoms with van der Waals surface area (Å²) in [5.41, 5.74) is 17.2. The zero-order chi connectivity index (χ0) is 39.5. The minimum absolute atomic E-state index is 0.125. The van der Waals surface area contributed by atoms with Crippen LogP contribution >= 0.6 is 0 Å². The van der Waals surface area contributed by atoms with Crippen molar-refractivity contribution in [1.29, 1.82) is 0 Å². The van der Waals surface area contributed by atoms with Gasteiger partial charge >= 0.3 is 0 Å². The van der Waals surface area contributed by atoms with Gasteiger partial charge in [-0.05, 0) is 108 Å². The molecule has 0 bridgehead atoms. The van der Waals surface area contributed by atoms with Gasteiger partial charge in [0.1, 0.15) is 0 Å². The molecule has 278 valence electrons. The smallest absolute Gasteiger partial charge is 0.161 e. The summed E-state index contributed by atoms with van der Waals surface area (Å²) in [6, 6.07) is 74.3.